The predicted molar refractivity (Wildman–Crippen MR) is 58.1 cm³/mol. The molecule has 2 nitrogen and oxygen atoms in total. The van der Waals surface area contributed by atoms with E-state index < -0.39 is 5.69 Å². The van der Waals surface area contributed by atoms with Crippen molar-refractivity contribution in [2.75, 3.05) is 6.61 Å². The zero-order valence-corrected chi connectivity index (χ0v) is 10.2. The van der Waals surface area contributed by atoms with Gasteiger partial charge in [-0.3, -0.25) is 0 Å². The SMILES string of the molecule is CC(C)C1OP(=S)(S)OCC1C. The average molecular weight is 226 g/mol. The van der Waals surface area contributed by atoms with E-state index in [9.17, 15) is 0 Å². The second kappa shape index (κ2) is 3.97. The van der Waals surface area contributed by atoms with E-state index in [0.29, 0.717) is 18.4 Å². The summed E-state index contributed by atoms with van der Waals surface area (Å²) in [5.74, 6) is 0.909. The molecule has 3 unspecified atom stereocenters. The summed E-state index contributed by atoms with van der Waals surface area (Å²) in [5.41, 5.74) is -2.21. The third-order valence-electron chi connectivity index (χ3n) is 1.97. The van der Waals surface area contributed by atoms with Gasteiger partial charge in [0.15, 0.2) is 0 Å². The second-order valence-electron chi connectivity index (χ2n) is 3.56. The Labute approximate surface area is 84.3 Å². The molecule has 0 bridgehead atoms. The van der Waals surface area contributed by atoms with Gasteiger partial charge in [-0.05, 0) is 17.7 Å². The van der Waals surface area contributed by atoms with Crippen LogP contribution in [0.5, 0.6) is 0 Å². The molecule has 0 saturated carbocycles. The summed E-state index contributed by atoms with van der Waals surface area (Å²) >= 11 is 9.27. The molecule has 1 aliphatic heterocycles. The van der Waals surface area contributed by atoms with Gasteiger partial charge in [-0.25, -0.2) is 0 Å². The second-order valence-corrected chi connectivity index (χ2v) is 8.80. The van der Waals surface area contributed by atoms with Crippen molar-refractivity contribution < 1.29 is 9.05 Å². The highest BCUT2D eigenvalue weighted by atomic mass is 32.9. The molecule has 0 aromatic heterocycles. The first-order valence-electron chi connectivity index (χ1n) is 4.08. The fourth-order valence-corrected chi connectivity index (χ4v) is 3.62. The van der Waals surface area contributed by atoms with E-state index in [-0.39, 0.29) is 6.10 Å². The molecule has 1 rings (SSSR count). The number of hydrogen-bond acceptors (Lipinski definition) is 3. The Hall–Kier alpha value is 0.920. The molecule has 0 N–H and O–H groups in total. The van der Waals surface area contributed by atoms with Crippen LogP contribution < -0.4 is 0 Å². The molecular weight excluding hydrogens is 211 g/mol. The highest BCUT2D eigenvalue weighted by Crippen LogP contribution is 2.58. The minimum atomic E-state index is -2.21. The lowest BCUT2D eigenvalue weighted by Crippen LogP contribution is -2.32. The van der Waals surface area contributed by atoms with E-state index >= 15 is 0 Å². The molecule has 1 fully saturated rings. The zero-order chi connectivity index (χ0) is 9.35. The minimum Gasteiger partial charge on any atom is -0.321 e. The fourth-order valence-electron chi connectivity index (χ4n) is 1.37. The zero-order valence-electron chi connectivity index (χ0n) is 7.56. The molecule has 0 aromatic carbocycles. The van der Waals surface area contributed by atoms with Crippen LogP contribution in [0.3, 0.4) is 0 Å². The van der Waals surface area contributed by atoms with Crippen LogP contribution >= 0.6 is 17.9 Å². The van der Waals surface area contributed by atoms with Crippen LogP contribution in [-0.4, -0.2) is 12.7 Å². The summed E-state index contributed by atoms with van der Waals surface area (Å²) in [5, 5.41) is 0. The molecule has 1 aliphatic rings. The van der Waals surface area contributed by atoms with Crippen LogP contribution in [0.15, 0.2) is 0 Å². The van der Waals surface area contributed by atoms with Crippen molar-refractivity contribution in [2.24, 2.45) is 11.8 Å². The van der Waals surface area contributed by atoms with E-state index in [2.05, 4.69) is 33.0 Å². The Morgan fingerprint density at radius 1 is 1.58 bits per heavy atom. The van der Waals surface area contributed by atoms with Crippen molar-refractivity contribution in [1.29, 1.82) is 0 Å². The molecule has 3 atom stereocenters. The average Bonchev–Trinajstić information content (AvgIpc) is 1.94. The van der Waals surface area contributed by atoms with E-state index in [4.69, 9.17) is 20.9 Å². The number of thiol groups is 1. The minimum absolute atomic E-state index is 0.210. The van der Waals surface area contributed by atoms with Gasteiger partial charge in [-0.15, -0.1) is 0 Å². The summed E-state index contributed by atoms with van der Waals surface area (Å²) in [7, 11) is 0. The molecule has 1 saturated heterocycles. The lowest BCUT2D eigenvalue weighted by Gasteiger charge is -2.36. The molecule has 0 amide bonds. The van der Waals surface area contributed by atoms with Gasteiger partial charge < -0.3 is 9.05 Å². The molecule has 0 spiro atoms. The largest absolute Gasteiger partial charge is 0.321 e. The van der Waals surface area contributed by atoms with Gasteiger partial charge in [0, 0.05) is 5.92 Å². The van der Waals surface area contributed by atoms with E-state index in [1.807, 2.05) is 0 Å². The predicted octanol–water partition coefficient (Wildman–Crippen LogP) is 2.85. The third-order valence-corrected chi connectivity index (χ3v) is 4.16. The maximum Gasteiger partial charge on any atom is 0.244 e. The smallest absolute Gasteiger partial charge is 0.244 e. The van der Waals surface area contributed by atoms with Crippen LogP contribution in [-0.2, 0) is 20.9 Å². The highest BCUT2D eigenvalue weighted by molar-refractivity contribution is 8.60. The number of rotatable bonds is 1. The van der Waals surface area contributed by atoms with Gasteiger partial charge in [0.2, 0.25) is 5.69 Å². The van der Waals surface area contributed by atoms with Crippen LogP contribution in [0.4, 0.5) is 0 Å². The first-order valence-corrected chi connectivity index (χ1v) is 7.87. The van der Waals surface area contributed by atoms with Crippen LogP contribution in [0.1, 0.15) is 20.8 Å². The molecule has 0 aromatic rings. The molecule has 5 heteroatoms. The van der Waals surface area contributed by atoms with Crippen molar-refractivity contribution in [1.82, 2.24) is 0 Å². The lowest BCUT2D eigenvalue weighted by molar-refractivity contribution is 0.0317. The van der Waals surface area contributed by atoms with Gasteiger partial charge >= 0.3 is 0 Å². The molecule has 0 radical (unpaired) electrons. The van der Waals surface area contributed by atoms with Crippen LogP contribution in [0, 0.1) is 11.8 Å². The Morgan fingerprint density at radius 3 is 2.58 bits per heavy atom. The van der Waals surface area contributed by atoms with Gasteiger partial charge in [0.05, 0.1) is 12.7 Å². The molecule has 0 aliphatic carbocycles. The van der Waals surface area contributed by atoms with Crippen molar-refractivity contribution in [2.45, 2.75) is 26.9 Å². The standard InChI is InChI=1S/C7H15O2PS2/c1-5(2)7-6(3)4-8-10(11,12)9-7/h5-7H,4H2,1-3H3,(H,11,12). The van der Waals surface area contributed by atoms with Gasteiger partial charge in [0.1, 0.15) is 0 Å². The quantitative estimate of drug-likeness (QED) is 0.548. The Bertz CT molecular complexity index is 208. The molecule has 1 heterocycles. The highest BCUT2D eigenvalue weighted by Gasteiger charge is 2.33. The number of hydrogen-bond donors (Lipinski definition) is 1. The van der Waals surface area contributed by atoms with Gasteiger partial charge in [0.25, 0.3) is 0 Å². The summed E-state index contributed by atoms with van der Waals surface area (Å²) < 4.78 is 10.9. The van der Waals surface area contributed by atoms with Crippen molar-refractivity contribution in [3.8, 4) is 0 Å². The van der Waals surface area contributed by atoms with E-state index in [1.54, 1.807) is 0 Å². The topological polar surface area (TPSA) is 18.5 Å². The molecule has 12 heavy (non-hydrogen) atoms. The van der Waals surface area contributed by atoms with Crippen molar-refractivity contribution in [3.63, 3.8) is 0 Å². The summed E-state index contributed by atoms with van der Waals surface area (Å²) in [6.07, 6.45) is 0.210. The molecule has 72 valence electrons. The van der Waals surface area contributed by atoms with Crippen LogP contribution in [0.2, 0.25) is 0 Å². The summed E-state index contributed by atoms with van der Waals surface area (Å²) in [6.45, 7) is 7.07. The van der Waals surface area contributed by atoms with Gasteiger partial charge in [-0.2, -0.15) is 0 Å². The van der Waals surface area contributed by atoms with Gasteiger partial charge in [-0.1, -0.05) is 33.0 Å². The maximum absolute atomic E-state index is 5.62. The van der Waals surface area contributed by atoms with E-state index in [1.165, 1.54) is 0 Å². The van der Waals surface area contributed by atoms with E-state index in [0.717, 1.165) is 0 Å². The molecular formula is C7H15O2PS2. The van der Waals surface area contributed by atoms with Crippen LogP contribution in [0.25, 0.3) is 0 Å². The first-order chi connectivity index (χ1) is 5.42. The fraction of sp³-hybridized carbons (Fsp3) is 1.00. The Kier molecular flexibility index (Phi) is 3.64. The maximum atomic E-state index is 5.62. The van der Waals surface area contributed by atoms with Crippen molar-refractivity contribution >= 4 is 29.7 Å². The monoisotopic (exact) mass is 226 g/mol. The third kappa shape index (κ3) is 2.71. The lowest BCUT2D eigenvalue weighted by atomic mass is 9.96. The summed E-state index contributed by atoms with van der Waals surface area (Å²) in [4.78, 5) is 0. The van der Waals surface area contributed by atoms with Crippen molar-refractivity contribution in [3.05, 3.63) is 0 Å². The summed E-state index contributed by atoms with van der Waals surface area (Å²) in [6, 6.07) is 0. The normalized spacial score (nSPS) is 43.4. The Balaban J connectivity index is 2.66. The Morgan fingerprint density at radius 2 is 2.17 bits per heavy atom. The first kappa shape index (κ1) is 11.0.